The number of aryl methyl sites for hydroxylation is 2. The summed E-state index contributed by atoms with van der Waals surface area (Å²) in [7, 11) is 3.03. The first-order valence-corrected chi connectivity index (χ1v) is 13.9. The molecule has 0 fully saturated rings. The summed E-state index contributed by atoms with van der Waals surface area (Å²) in [4.78, 5) is 39.4. The van der Waals surface area contributed by atoms with Gasteiger partial charge in [0.15, 0.2) is 5.16 Å². The van der Waals surface area contributed by atoms with Gasteiger partial charge in [-0.15, -0.1) is 0 Å². The van der Waals surface area contributed by atoms with Crippen molar-refractivity contribution in [3.8, 4) is 22.6 Å². The fourth-order valence-corrected chi connectivity index (χ4v) is 4.60. The molecule has 0 bridgehead atoms. The number of ether oxygens (including phenoxy) is 3. The minimum atomic E-state index is -0.609. The highest BCUT2D eigenvalue weighted by molar-refractivity contribution is 7.98. The third kappa shape index (κ3) is 6.65. The van der Waals surface area contributed by atoms with Crippen LogP contribution in [-0.4, -0.2) is 51.7 Å². The van der Waals surface area contributed by atoms with Crippen molar-refractivity contribution in [1.82, 2.24) is 19.5 Å². The minimum absolute atomic E-state index is 0.279. The molecule has 12 heteroatoms. The number of carbonyl (C=O) groups is 1. The predicted molar refractivity (Wildman–Crippen MR) is 157 cm³/mol. The van der Waals surface area contributed by atoms with Crippen LogP contribution in [0, 0.1) is 0 Å². The Morgan fingerprint density at radius 2 is 1.85 bits per heavy atom. The van der Waals surface area contributed by atoms with Gasteiger partial charge in [0.05, 0.1) is 31.1 Å². The zero-order chi connectivity index (χ0) is 29.0. The van der Waals surface area contributed by atoms with Crippen LogP contribution in [0.1, 0.15) is 26.5 Å². The maximum absolute atomic E-state index is 13.9. The van der Waals surface area contributed by atoms with Gasteiger partial charge < -0.3 is 14.2 Å². The molecule has 4 rings (SSSR count). The van der Waals surface area contributed by atoms with Crippen molar-refractivity contribution in [2.24, 2.45) is 0 Å². The van der Waals surface area contributed by atoms with E-state index in [1.165, 1.54) is 26.0 Å². The number of nitrogens with zero attached hydrogens (tertiary/aromatic N) is 4. The number of halogens is 1. The van der Waals surface area contributed by atoms with Gasteiger partial charge in [0.25, 0.3) is 5.56 Å². The highest BCUT2D eigenvalue weighted by Gasteiger charge is 2.20. The number of hydrogen-bond acceptors (Lipinski definition) is 9. The molecule has 0 atom stereocenters. The molecule has 3 aromatic heterocycles. The smallest absolute Gasteiger partial charge is 0.412 e. The largest absolute Gasteiger partial charge is 0.497 e. The Balaban J connectivity index is 1.70. The molecule has 0 spiro atoms. The van der Waals surface area contributed by atoms with Crippen LogP contribution in [0.3, 0.4) is 0 Å². The van der Waals surface area contributed by atoms with Gasteiger partial charge in [-0.05, 0) is 51.3 Å². The number of methoxy groups -OCH3 is 2. The van der Waals surface area contributed by atoms with E-state index < -0.39 is 11.7 Å². The number of pyridine rings is 2. The maximum atomic E-state index is 13.9. The Morgan fingerprint density at radius 1 is 1.07 bits per heavy atom. The summed E-state index contributed by atoms with van der Waals surface area (Å²) in [6.45, 7) is 5.67. The molecule has 1 aromatic carbocycles. The lowest BCUT2D eigenvalue weighted by Gasteiger charge is -2.19. The van der Waals surface area contributed by atoms with Crippen molar-refractivity contribution < 1.29 is 19.0 Å². The fraction of sp³-hybridized carbons (Fsp3) is 0.321. The van der Waals surface area contributed by atoms with Gasteiger partial charge in [0, 0.05) is 47.4 Å². The van der Waals surface area contributed by atoms with E-state index in [9.17, 15) is 9.59 Å². The van der Waals surface area contributed by atoms with E-state index in [0.29, 0.717) is 62.5 Å². The predicted octanol–water partition coefficient (Wildman–Crippen LogP) is 5.84. The second kappa shape index (κ2) is 12.1. The molecule has 210 valence electrons. The van der Waals surface area contributed by atoms with Crippen molar-refractivity contribution in [3.63, 3.8) is 0 Å². The Kier molecular flexibility index (Phi) is 8.85. The van der Waals surface area contributed by atoms with E-state index in [1.54, 1.807) is 68.1 Å². The van der Waals surface area contributed by atoms with E-state index >= 15 is 0 Å². The van der Waals surface area contributed by atoms with Crippen LogP contribution in [0.25, 0.3) is 22.2 Å². The molecule has 0 aliphatic heterocycles. The Labute approximate surface area is 241 Å². The summed E-state index contributed by atoms with van der Waals surface area (Å²) in [5.74, 6) is 0.890. The van der Waals surface area contributed by atoms with Gasteiger partial charge >= 0.3 is 6.09 Å². The highest BCUT2D eigenvalue weighted by atomic mass is 35.5. The minimum Gasteiger partial charge on any atom is -0.497 e. The Hall–Kier alpha value is -3.83. The van der Waals surface area contributed by atoms with Crippen LogP contribution in [-0.2, 0) is 17.7 Å². The van der Waals surface area contributed by atoms with E-state index in [2.05, 4.69) is 20.3 Å². The number of thioether (sulfide) groups is 1. The molecule has 0 saturated carbocycles. The SMILES string of the molecule is COc1cc(OC)c(Cl)c(-c2cc3cnc(SC)nc3n(CCc3ccc(NC(=O)OC(C)(C)C)cn3)c2=O)c1. The standard InChI is InChI=1S/C28H30ClN5O5S/c1-28(2,3)39-27(36)32-18-8-7-17(30-15-18)9-10-34-24-16(14-31-26(33-24)40-6)11-21(25(34)35)20-12-19(37-4)13-22(38-5)23(20)29/h7-8,11-15H,9-10H2,1-6H3,(H,32,36). The van der Waals surface area contributed by atoms with Gasteiger partial charge in [-0.25, -0.2) is 14.8 Å². The molecule has 0 aliphatic rings. The van der Waals surface area contributed by atoms with Crippen molar-refractivity contribution >= 4 is 46.2 Å². The first-order chi connectivity index (χ1) is 19.0. The summed E-state index contributed by atoms with van der Waals surface area (Å²) in [6, 6.07) is 8.61. The summed E-state index contributed by atoms with van der Waals surface area (Å²) in [5, 5.41) is 4.18. The first-order valence-electron chi connectivity index (χ1n) is 12.3. The number of fused-ring (bicyclic) bond motifs is 1. The van der Waals surface area contributed by atoms with Crippen LogP contribution >= 0.6 is 23.4 Å². The third-order valence-corrected chi connectivity index (χ3v) is 6.76. The lowest BCUT2D eigenvalue weighted by molar-refractivity contribution is 0.0636. The molecule has 40 heavy (non-hydrogen) atoms. The molecule has 10 nitrogen and oxygen atoms in total. The summed E-state index contributed by atoms with van der Waals surface area (Å²) in [5.41, 5.74) is 1.67. The van der Waals surface area contributed by atoms with Crippen molar-refractivity contribution in [1.29, 1.82) is 0 Å². The van der Waals surface area contributed by atoms with Gasteiger partial charge in [0.2, 0.25) is 0 Å². The summed E-state index contributed by atoms with van der Waals surface area (Å²) < 4.78 is 17.7. The zero-order valence-electron chi connectivity index (χ0n) is 23.1. The van der Waals surface area contributed by atoms with Crippen LogP contribution in [0.2, 0.25) is 5.02 Å². The van der Waals surface area contributed by atoms with Crippen molar-refractivity contribution in [2.75, 3.05) is 25.8 Å². The number of amides is 1. The van der Waals surface area contributed by atoms with Gasteiger partial charge in [0.1, 0.15) is 22.7 Å². The number of hydrogen-bond donors (Lipinski definition) is 1. The highest BCUT2D eigenvalue weighted by Crippen LogP contribution is 2.38. The van der Waals surface area contributed by atoms with Crippen molar-refractivity contribution in [2.45, 2.75) is 44.5 Å². The van der Waals surface area contributed by atoms with E-state index in [4.69, 9.17) is 25.8 Å². The number of benzene rings is 1. The van der Waals surface area contributed by atoms with Crippen LogP contribution in [0.4, 0.5) is 10.5 Å². The molecular formula is C28H30ClN5O5S. The number of anilines is 1. The molecule has 0 radical (unpaired) electrons. The first kappa shape index (κ1) is 29.2. The average Bonchev–Trinajstić information content (AvgIpc) is 2.92. The van der Waals surface area contributed by atoms with E-state index in [0.717, 1.165) is 5.69 Å². The monoisotopic (exact) mass is 583 g/mol. The van der Waals surface area contributed by atoms with Crippen molar-refractivity contribution in [3.05, 3.63) is 63.8 Å². The molecule has 0 unspecified atom stereocenters. The van der Waals surface area contributed by atoms with Crippen LogP contribution in [0.15, 0.2) is 52.7 Å². The molecule has 1 amide bonds. The fourth-order valence-electron chi connectivity index (χ4n) is 3.97. The quantitative estimate of drug-likeness (QED) is 0.202. The number of nitrogens with one attached hydrogen (secondary N) is 1. The molecule has 4 aromatic rings. The topological polar surface area (TPSA) is 117 Å². The normalized spacial score (nSPS) is 11.4. The number of carbonyl (C=O) groups excluding carboxylic acids is 1. The van der Waals surface area contributed by atoms with E-state index in [1.807, 2.05) is 6.26 Å². The lowest BCUT2D eigenvalue weighted by atomic mass is 10.0. The number of aromatic nitrogens is 4. The Bertz CT molecular complexity index is 1600. The van der Waals surface area contributed by atoms with Gasteiger partial charge in [-0.2, -0.15) is 0 Å². The molecule has 3 heterocycles. The third-order valence-electron chi connectivity index (χ3n) is 5.81. The van der Waals surface area contributed by atoms with E-state index in [-0.39, 0.29) is 5.56 Å². The lowest BCUT2D eigenvalue weighted by Crippen LogP contribution is -2.27. The second-order valence-electron chi connectivity index (χ2n) is 9.76. The van der Waals surface area contributed by atoms with Crippen LogP contribution < -0.4 is 20.3 Å². The Morgan fingerprint density at radius 3 is 2.48 bits per heavy atom. The number of rotatable bonds is 8. The van der Waals surface area contributed by atoms with Gasteiger partial charge in [-0.1, -0.05) is 23.4 Å². The molecule has 0 saturated heterocycles. The molecular weight excluding hydrogens is 554 g/mol. The molecule has 1 N–H and O–H groups in total. The second-order valence-corrected chi connectivity index (χ2v) is 10.9. The summed E-state index contributed by atoms with van der Waals surface area (Å²) in [6.07, 6.45) is 4.98. The van der Waals surface area contributed by atoms with Crippen LogP contribution in [0.5, 0.6) is 11.5 Å². The molecule has 0 aliphatic carbocycles. The average molecular weight is 584 g/mol. The summed E-state index contributed by atoms with van der Waals surface area (Å²) >= 11 is 8.03. The zero-order valence-corrected chi connectivity index (χ0v) is 24.6. The van der Waals surface area contributed by atoms with Gasteiger partial charge in [-0.3, -0.25) is 19.7 Å². The maximum Gasteiger partial charge on any atom is 0.412 e.